The Balaban J connectivity index is 2.54. The van der Waals surface area contributed by atoms with Crippen LogP contribution in [0.15, 0.2) is 12.2 Å². The maximum absolute atomic E-state index is 11.1. The Hall–Kier alpha value is -1.80. The van der Waals surface area contributed by atoms with Crippen LogP contribution in [0.1, 0.15) is 52.9 Å². The number of unbranched alkanes of at least 4 members (excludes halogenated alkanes) is 4. The highest BCUT2D eigenvalue weighted by Crippen LogP contribution is 2.17. The topological polar surface area (TPSA) is 61.8 Å². The van der Waals surface area contributed by atoms with Crippen LogP contribution >= 0.6 is 0 Å². The molecule has 0 aromatic carbocycles. The van der Waals surface area contributed by atoms with Gasteiger partial charge in [0.1, 0.15) is 24.9 Å². The fourth-order valence-corrected chi connectivity index (χ4v) is 2.18. The molecule has 23 heavy (non-hydrogen) atoms. The molecule has 1 rings (SSSR count). The number of ether oxygens (including phenoxy) is 3. The average molecular weight is 322 g/mol. The van der Waals surface area contributed by atoms with Gasteiger partial charge in [0.15, 0.2) is 0 Å². The van der Waals surface area contributed by atoms with Crippen molar-refractivity contribution in [2.75, 3.05) is 6.61 Å². The summed E-state index contributed by atoms with van der Waals surface area (Å²) in [6.07, 6.45) is 7.62. The van der Waals surface area contributed by atoms with Crippen molar-refractivity contribution in [2.24, 2.45) is 0 Å². The number of hydrogen-bond donors (Lipinski definition) is 0. The highest BCUT2D eigenvalue weighted by molar-refractivity contribution is 5.66. The predicted octanol–water partition coefficient (Wildman–Crippen LogP) is 2.78. The Morgan fingerprint density at radius 3 is 2.57 bits per heavy atom. The maximum atomic E-state index is 11.1. The predicted molar refractivity (Wildman–Crippen MR) is 86.5 cm³/mol. The third-order valence-corrected chi connectivity index (χ3v) is 3.32. The molecule has 0 saturated heterocycles. The van der Waals surface area contributed by atoms with Crippen molar-refractivity contribution in [3.05, 3.63) is 12.2 Å². The molecule has 0 fully saturated rings. The van der Waals surface area contributed by atoms with Crippen LogP contribution in [0.2, 0.25) is 0 Å². The summed E-state index contributed by atoms with van der Waals surface area (Å²) < 4.78 is 15.9. The summed E-state index contributed by atoms with van der Waals surface area (Å²) in [7, 11) is 0. The molecule has 0 bridgehead atoms. The van der Waals surface area contributed by atoms with E-state index in [2.05, 4.69) is 18.8 Å². The van der Waals surface area contributed by atoms with Crippen molar-refractivity contribution in [2.45, 2.75) is 71.2 Å². The lowest BCUT2D eigenvalue weighted by atomic mass is 10.1. The molecular formula is C18H26O5. The zero-order valence-electron chi connectivity index (χ0n) is 14.2. The van der Waals surface area contributed by atoms with Crippen LogP contribution in [0, 0.1) is 11.8 Å². The fourth-order valence-electron chi connectivity index (χ4n) is 2.18. The minimum absolute atomic E-state index is 0.0340. The summed E-state index contributed by atoms with van der Waals surface area (Å²) in [5.41, 5.74) is 0. The summed E-state index contributed by atoms with van der Waals surface area (Å²) in [5, 5.41) is 0. The molecular weight excluding hydrogens is 296 g/mol. The van der Waals surface area contributed by atoms with Crippen molar-refractivity contribution < 1.29 is 23.8 Å². The van der Waals surface area contributed by atoms with Crippen LogP contribution in [-0.4, -0.2) is 36.9 Å². The van der Waals surface area contributed by atoms with Crippen molar-refractivity contribution in [1.82, 2.24) is 0 Å². The van der Waals surface area contributed by atoms with E-state index in [9.17, 15) is 9.59 Å². The van der Waals surface area contributed by atoms with Crippen molar-refractivity contribution in [1.29, 1.82) is 0 Å². The second-order valence-corrected chi connectivity index (χ2v) is 5.49. The third kappa shape index (κ3) is 8.41. The highest BCUT2D eigenvalue weighted by Gasteiger charge is 2.29. The van der Waals surface area contributed by atoms with Crippen LogP contribution in [0.3, 0.4) is 0 Å². The molecule has 1 aliphatic rings. The van der Waals surface area contributed by atoms with Gasteiger partial charge in [0, 0.05) is 20.3 Å². The van der Waals surface area contributed by atoms with Gasteiger partial charge in [0.2, 0.25) is 0 Å². The van der Waals surface area contributed by atoms with Crippen LogP contribution in [0.5, 0.6) is 0 Å². The highest BCUT2D eigenvalue weighted by atomic mass is 16.6. The Bertz CT molecular complexity index is 472. The lowest BCUT2D eigenvalue weighted by molar-refractivity contribution is -0.161. The van der Waals surface area contributed by atoms with Crippen molar-refractivity contribution in [3.8, 4) is 11.8 Å². The van der Waals surface area contributed by atoms with Crippen LogP contribution < -0.4 is 0 Å². The molecule has 0 N–H and O–H groups in total. The van der Waals surface area contributed by atoms with Gasteiger partial charge in [0.05, 0.1) is 0 Å². The number of carbonyl (C=O) groups excluding carboxylic acids is 2. The quantitative estimate of drug-likeness (QED) is 0.312. The number of carbonyl (C=O) groups is 2. The lowest BCUT2D eigenvalue weighted by Gasteiger charge is -2.29. The minimum Gasteiger partial charge on any atom is -0.463 e. The molecule has 0 radical (unpaired) electrons. The molecule has 5 heteroatoms. The fraction of sp³-hybridized carbons (Fsp3) is 0.667. The summed E-state index contributed by atoms with van der Waals surface area (Å²) in [6, 6.07) is 0. The molecule has 0 aromatic rings. The zero-order chi connectivity index (χ0) is 17.1. The van der Waals surface area contributed by atoms with Crippen LogP contribution in [0.25, 0.3) is 0 Å². The number of esters is 2. The van der Waals surface area contributed by atoms with E-state index >= 15 is 0 Å². The van der Waals surface area contributed by atoms with Gasteiger partial charge in [-0.05, 0) is 18.6 Å². The molecule has 0 aliphatic carbocycles. The Morgan fingerprint density at radius 2 is 1.91 bits per heavy atom. The summed E-state index contributed by atoms with van der Waals surface area (Å²) in [5.74, 6) is 5.36. The molecule has 3 atom stereocenters. The van der Waals surface area contributed by atoms with Gasteiger partial charge in [-0.2, -0.15) is 0 Å². The Labute approximate surface area is 138 Å². The number of hydrogen-bond acceptors (Lipinski definition) is 5. The van der Waals surface area contributed by atoms with Crippen molar-refractivity contribution >= 4 is 11.9 Å². The lowest BCUT2D eigenvalue weighted by Crippen LogP contribution is -2.41. The molecule has 0 aromatic heterocycles. The van der Waals surface area contributed by atoms with Gasteiger partial charge in [-0.25, -0.2) is 0 Å². The van der Waals surface area contributed by atoms with Crippen LogP contribution in [0.4, 0.5) is 0 Å². The Morgan fingerprint density at radius 1 is 1.13 bits per heavy atom. The molecule has 0 spiro atoms. The van der Waals surface area contributed by atoms with Gasteiger partial charge in [0.25, 0.3) is 0 Å². The normalized spacial score (nSPS) is 22.8. The van der Waals surface area contributed by atoms with Gasteiger partial charge < -0.3 is 14.2 Å². The van der Waals surface area contributed by atoms with Crippen molar-refractivity contribution in [3.63, 3.8) is 0 Å². The molecule has 0 amide bonds. The van der Waals surface area contributed by atoms with E-state index in [1.807, 2.05) is 0 Å². The maximum Gasteiger partial charge on any atom is 0.303 e. The average Bonchev–Trinajstić information content (AvgIpc) is 2.50. The monoisotopic (exact) mass is 322 g/mol. The van der Waals surface area contributed by atoms with E-state index in [0.29, 0.717) is 0 Å². The molecule has 0 unspecified atom stereocenters. The van der Waals surface area contributed by atoms with E-state index in [1.165, 1.54) is 33.1 Å². The summed E-state index contributed by atoms with van der Waals surface area (Å²) in [4.78, 5) is 22.1. The van der Waals surface area contributed by atoms with E-state index in [0.717, 1.165) is 12.8 Å². The molecule has 128 valence electrons. The van der Waals surface area contributed by atoms with Gasteiger partial charge in [-0.3, -0.25) is 9.59 Å². The first-order valence-corrected chi connectivity index (χ1v) is 8.15. The van der Waals surface area contributed by atoms with Gasteiger partial charge >= 0.3 is 11.9 Å². The Kier molecular flexibility index (Phi) is 9.08. The molecule has 5 nitrogen and oxygen atoms in total. The molecule has 1 aliphatic heterocycles. The first kappa shape index (κ1) is 19.2. The van der Waals surface area contributed by atoms with Crippen LogP contribution in [-0.2, 0) is 23.8 Å². The van der Waals surface area contributed by atoms with E-state index in [-0.39, 0.29) is 12.7 Å². The second-order valence-electron chi connectivity index (χ2n) is 5.49. The second kappa shape index (κ2) is 10.8. The largest absolute Gasteiger partial charge is 0.463 e. The summed E-state index contributed by atoms with van der Waals surface area (Å²) in [6.45, 7) is 4.87. The number of rotatable bonds is 7. The third-order valence-electron chi connectivity index (χ3n) is 3.32. The summed E-state index contributed by atoms with van der Waals surface area (Å²) >= 11 is 0. The molecule has 0 saturated carbocycles. The SMILES string of the molecule is CCCCCCC#C[C@@H]1C=C[C@H](OC(C)=O)[C@@H](COC(C)=O)O1. The van der Waals surface area contributed by atoms with Gasteiger partial charge in [-0.1, -0.05) is 32.1 Å². The molecule has 1 heterocycles. The first-order valence-electron chi connectivity index (χ1n) is 8.15. The first-order chi connectivity index (χ1) is 11.0. The smallest absolute Gasteiger partial charge is 0.303 e. The van der Waals surface area contributed by atoms with E-state index in [4.69, 9.17) is 14.2 Å². The van der Waals surface area contributed by atoms with E-state index in [1.54, 1.807) is 12.2 Å². The zero-order valence-corrected chi connectivity index (χ0v) is 14.2. The minimum atomic E-state index is -0.561. The standard InChI is InChI=1S/C18H26O5/c1-4-5-6-7-8-9-10-16-11-12-17(22-15(3)20)18(23-16)13-21-14(2)19/h11-12,16-18H,4-8,13H2,1-3H3/t16-,17+,18-/m1/s1. The van der Waals surface area contributed by atoms with Gasteiger partial charge in [-0.15, -0.1) is 5.92 Å². The van der Waals surface area contributed by atoms with E-state index < -0.39 is 24.1 Å².